The second-order valence-corrected chi connectivity index (χ2v) is 5.35. The summed E-state index contributed by atoms with van der Waals surface area (Å²) in [5.41, 5.74) is -4.29. The van der Waals surface area contributed by atoms with Gasteiger partial charge in [-0.1, -0.05) is 0 Å². The maximum absolute atomic E-state index is 13.1. The van der Waals surface area contributed by atoms with Crippen LogP contribution in [-0.2, 0) is 11.0 Å². The molecule has 1 aromatic carbocycles. The molecule has 0 saturated carbocycles. The van der Waals surface area contributed by atoms with Crippen molar-refractivity contribution in [1.82, 2.24) is 4.90 Å². The lowest BCUT2D eigenvalue weighted by Gasteiger charge is -2.30. The average Bonchev–Trinajstić information content (AvgIpc) is 2.79. The fourth-order valence-corrected chi connectivity index (χ4v) is 2.74. The lowest BCUT2D eigenvalue weighted by atomic mass is 10.00. The summed E-state index contributed by atoms with van der Waals surface area (Å²) < 4.78 is 39.3. The Hall–Kier alpha value is -2.64. The molecular weight excluding hydrogens is 343 g/mol. The van der Waals surface area contributed by atoms with E-state index in [4.69, 9.17) is 5.26 Å². The van der Waals surface area contributed by atoms with Crippen LogP contribution in [0, 0.1) is 11.3 Å². The molecule has 0 aromatic heterocycles. The Morgan fingerprint density at radius 1 is 1.24 bits per heavy atom. The van der Waals surface area contributed by atoms with Gasteiger partial charge in [-0.05, 0) is 25.1 Å². The minimum atomic E-state index is -4.86. The molecule has 25 heavy (non-hydrogen) atoms. The number of nitrogens with zero attached hydrogens (tertiary/aromatic N) is 3. The van der Waals surface area contributed by atoms with Gasteiger partial charge in [-0.2, -0.15) is 18.4 Å². The van der Waals surface area contributed by atoms with E-state index in [1.165, 1.54) is 13.0 Å². The monoisotopic (exact) mass is 357 g/mol. The van der Waals surface area contributed by atoms with Gasteiger partial charge in [0, 0.05) is 6.54 Å². The number of carbonyl (C=O) groups excluding carboxylic acids is 2. The Morgan fingerprint density at radius 3 is 2.24 bits per heavy atom. The predicted octanol–water partition coefficient (Wildman–Crippen LogP) is 1.09. The molecule has 1 aromatic rings. The number of nitriles is 1. The van der Waals surface area contributed by atoms with Crippen molar-refractivity contribution >= 4 is 17.6 Å². The molecule has 1 aliphatic heterocycles. The number of likely N-dealkylation sites (N-methyl/N-ethyl adjacent to an activating group) is 1. The number of alkyl halides is 3. The van der Waals surface area contributed by atoms with Crippen molar-refractivity contribution in [3.63, 3.8) is 0 Å². The molecule has 3 amide bonds. The molecule has 0 aliphatic carbocycles. The van der Waals surface area contributed by atoms with Gasteiger partial charge in [0.1, 0.15) is 0 Å². The van der Waals surface area contributed by atoms with Crippen LogP contribution in [0.2, 0.25) is 0 Å². The predicted molar refractivity (Wildman–Crippen MR) is 78.3 cm³/mol. The van der Waals surface area contributed by atoms with Crippen LogP contribution in [0.4, 0.5) is 23.7 Å². The maximum Gasteiger partial charge on any atom is 0.417 e. The van der Waals surface area contributed by atoms with Gasteiger partial charge in [0.25, 0.3) is 5.91 Å². The number of imide groups is 1. The van der Waals surface area contributed by atoms with E-state index in [1.807, 2.05) is 0 Å². The number of amides is 3. The first-order valence-electron chi connectivity index (χ1n) is 7.17. The molecule has 1 saturated heterocycles. The lowest BCUT2D eigenvalue weighted by molar-refractivity contribution is -0.138. The summed E-state index contributed by atoms with van der Waals surface area (Å²) in [6.45, 7) is -0.332. The van der Waals surface area contributed by atoms with E-state index in [0.717, 1.165) is 17.0 Å². The van der Waals surface area contributed by atoms with Crippen LogP contribution in [0.25, 0.3) is 0 Å². The van der Waals surface area contributed by atoms with Crippen LogP contribution >= 0.6 is 0 Å². The summed E-state index contributed by atoms with van der Waals surface area (Å²) in [5, 5.41) is 27.8. The number of carbonyl (C=O) groups is 2. The summed E-state index contributed by atoms with van der Waals surface area (Å²) in [5.74, 6) is -1.04. The van der Waals surface area contributed by atoms with Crippen LogP contribution < -0.4 is 4.90 Å². The average molecular weight is 357 g/mol. The van der Waals surface area contributed by atoms with Gasteiger partial charge in [0.15, 0.2) is 5.54 Å². The smallest absolute Gasteiger partial charge is 0.393 e. The normalized spacial score (nSPS) is 17.2. The summed E-state index contributed by atoms with van der Waals surface area (Å²) in [6, 6.07) is 2.84. The summed E-state index contributed by atoms with van der Waals surface area (Å²) in [7, 11) is 0. The minimum absolute atomic E-state index is 0.0510. The van der Waals surface area contributed by atoms with Gasteiger partial charge in [-0.15, -0.1) is 0 Å². The number of anilines is 1. The molecular formula is C15H14F3N3O4. The van der Waals surface area contributed by atoms with Crippen molar-refractivity contribution in [1.29, 1.82) is 5.26 Å². The Kier molecular flexibility index (Phi) is 4.74. The summed E-state index contributed by atoms with van der Waals surface area (Å²) in [6.07, 6.45) is -4.86. The lowest BCUT2D eigenvalue weighted by Crippen LogP contribution is -2.55. The Balaban J connectivity index is 2.61. The Bertz CT molecular complexity index is 753. The fourth-order valence-electron chi connectivity index (χ4n) is 2.74. The van der Waals surface area contributed by atoms with Crippen molar-refractivity contribution in [2.75, 3.05) is 24.7 Å². The third kappa shape index (κ3) is 2.71. The molecule has 134 valence electrons. The zero-order valence-corrected chi connectivity index (χ0v) is 13.0. The quantitative estimate of drug-likeness (QED) is 0.785. The molecule has 0 atom stereocenters. The molecule has 2 rings (SSSR count). The highest BCUT2D eigenvalue weighted by Crippen LogP contribution is 2.37. The van der Waals surface area contributed by atoms with E-state index in [1.54, 1.807) is 0 Å². The van der Waals surface area contributed by atoms with Crippen molar-refractivity contribution in [2.24, 2.45) is 0 Å². The third-order valence-electron chi connectivity index (χ3n) is 4.07. The summed E-state index contributed by atoms with van der Waals surface area (Å²) in [4.78, 5) is 26.4. The zero-order valence-electron chi connectivity index (χ0n) is 13.0. The van der Waals surface area contributed by atoms with Crippen LogP contribution in [-0.4, -0.2) is 52.3 Å². The van der Waals surface area contributed by atoms with E-state index < -0.39 is 53.7 Å². The molecule has 0 unspecified atom stereocenters. The minimum Gasteiger partial charge on any atom is -0.393 e. The zero-order chi connectivity index (χ0) is 19.0. The molecule has 2 N–H and O–H groups in total. The van der Waals surface area contributed by atoms with Crippen molar-refractivity contribution in [3.8, 4) is 6.07 Å². The Morgan fingerprint density at radius 2 is 1.84 bits per heavy atom. The SMILES string of the molecule is CCN1C(=O)N(c2ccc(C#N)c(C(F)(F)F)c2)C(=O)C1(CO)CO. The van der Waals surface area contributed by atoms with E-state index in [0.29, 0.717) is 11.0 Å². The number of halogens is 3. The fraction of sp³-hybridized carbons (Fsp3) is 0.400. The first-order chi connectivity index (χ1) is 11.7. The van der Waals surface area contributed by atoms with Crippen LogP contribution in [0.5, 0.6) is 0 Å². The van der Waals surface area contributed by atoms with E-state index in [2.05, 4.69) is 0 Å². The molecule has 1 heterocycles. The first kappa shape index (κ1) is 18.7. The standard InChI is InChI=1S/C15H14F3N3O4/c1-2-20-13(25)21(12(24)14(20,7-22)8-23)10-4-3-9(6-19)11(5-10)15(16,17)18/h3-5,22-23H,2,7-8H2,1H3. The van der Waals surface area contributed by atoms with Crippen molar-refractivity contribution in [2.45, 2.75) is 18.6 Å². The highest BCUT2D eigenvalue weighted by molar-refractivity contribution is 6.23. The highest BCUT2D eigenvalue weighted by atomic mass is 19.4. The molecule has 10 heteroatoms. The summed E-state index contributed by atoms with van der Waals surface area (Å²) >= 11 is 0. The van der Waals surface area contributed by atoms with Gasteiger partial charge >= 0.3 is 12.2 Å². The molecule has 7 nitrogen and oxygen atoms in total. The van der Waals surface area contributed by atoms with Gasteiger partial charge in [0.2, 0.25) is 0 Å². The number of aliphatic hydroxyl groups is 2. The van der Waals surface area contributed by atoms with Crippen molar-refractivity contribution < 1.29 is 33.0 Å². The molecule has 1 fully saturated rings. The van der Waals surface area contributed by atoms with E-state index >= 15 is 0 Å². The number of aliphatic hydroxyl groups excluding tert-OH is 2. The van der Waals surface area contributed by atoms with Crippen LogP contribution in [0.15, 0.2) is 18.2 Å². The van der Waals surface area contributed by atoms with Crippen molar-refractivity contribution in [3.05, 3.63) is 29.3 Å². The third-order valence-corrected chi connectivity index (χ3v) is 4.07. The van der Waals surface area contributed by atoms with Crippen LogP contribution in [0.3, 0.4) is 0 Å². The largest absolute Gasteiger partial charge is 0.417 e. The van der Waals surface area contributed by atoms with Gasteiger partial charge in [0.05, 0.1) is 36.1 Å². The first-order valence-corrected chi connectivity index (χ1v) is 7.17. The molecule has 0 radical (unpaired) electrons. The van der Waals surface area contributed by atoms with Gasteiger partial charge in [-0.3, -0.25) is 4.79 Å². The second kappa shape index (κ2) is 6.34. The second-order valence-electron chi connectivity index (χ2n) is 5.35. The Labute approximate surface area is 140 Å². The number of urea groups is 1. The van der Waals surface area contributed by atoms with Gasteiger partial charge in [-0.25, -0.2) is 9.69 Å². The van der Waals surface area contributed by atoms with E-state index in [-0.39, 0.29) is 6.54 Å². The maximum atomic E-state index is 13.1. The molecule has 1 aliphatic rings. The number of hydrogen-bond donors (Lipinski definition) is 2. The van der Waals surface area contributed by atoms with E-state index in [9.17, 15) is 33.0 Å². The highest BCUT2D eigenvalue weighted by Gasteiger charge is 2.57. The topological polar surface area (TPSA) is 105 Å². The van der Waals surface area contributed by atoms with Gasteiger partial charge < -0.3 is 15.1 Å². The molecule has 0 spiro atoms. The number of rotatable bonds is 4. The van der Waals surface area contributed by atoms with Crippen LogP contribution in [0.1, 0.15) is 18.1 Å². The number of benzene rings is 1. The molecule has 0 bridgehead atoms. The number of hydrogen-bond acceptors (Lipinski definition) is 5.